The van der Waals surface area contributed by atoms with Crippen LogP contribution in [0, 0.1) is 0 Å². The zero-order chi connectivity index (χ0) is 12.7. The van der Waals surface area contributed by atoms with E-state index in [1.165, 1.54) is 0 Å². The molecule has 0 amide bonds. The zero-order valence-electron chi connectivity index (χ0n) is 11.6. The first kappa shape index (κ1) is 14.9. The van der Waals surface area contributed by atoms with Crippen LogP contribution >= 0.6 is 0 Å². The number of piperazine rings is 1. The Morgan fingerprint density at radius 2 is 1.82 bits per heavy atom. The van der Waals surface area contributed by atoms with E-state index in [0.717, 1.165) is 45.8 Å². The van der Waals surface area contributed by atoms with Crippen LogP contribution in [-0.4, -0.2) is 73.0 Å². The highest BCUT2D eigenvalue weighted by molar-refractivity contribution is 4.77. The Hall–Kier alpha value is -0.160. The molecule has 0 aliphatic carbocycles. The van der Waals surface area contributed by atoms with Crippen LogP contribution in [0.3, 0.4) is 0 Å². The molecule has 1 rings (SSSR count). The average Bonchev–Trinajstić information content (AvgIpc) is 2.32. The molecule has 4 heteroatoms. The minimum absolute atomic E-state index is 0.285. The van der Waals surface area contributed by atoms with Gasteiger partial charge in [-0.3, -0.25) is 9.80 Å². The Morgan fingerprint density at radius 3 is 2.29 bits per heavy atom. The SMILES string of the molecule is CCC(CO)N1CCN(CCOC(C)C)CC1. The maximum absolute atomic E-state index is 9.27. The van der Waals surface area contributed by atoms with Crippen LogP contribution in [0.15, 0.2) is 0 Å². The molecule has 1 heterocycles. The molecule has 1 aliphatic rings. The summed E-state index contributed by atoms with van der Waals surface area (Å²) >= 11 is 0. The summed E-state index contributed by atoms with van der Waals surface area (Å²) in [6.45, 7) is 12.8. The third-order valence-electron chi connectivity index (χ3n) is 3.46. The molecule has 0 radical (unpaired) electrons. The highest BCUT2D eigenvalue weighted by atomic mass is 16.5. The molecule has 1 atom stereocenters. The van der Waals surface area contributed by atoms with E-state index >= 15 is 0 Å². The highest BCUT2D eigenvalue weighted by Gasteiger charge is 2.21. The van der Waals surface area contributed by atoms with Crippen LogP contribution in [0.2, 0.25) is 0 Å². The van der Waals surface area contributed by atoms with Gasteiger partial charge in [-0.15, -0.1) is 0 Å². The fourth-order valence-corrected chi connectivity index (χ4v) is 2.27. The van der Waals surface area contributed by atoms with E-state index < -0.39 is 0 Å². The minimum atomic E-state index is 0.285. The maximum Gasteiger partial charge on any atom is 0.0596 e. The quantitative estimate of drug-likeness (QED) is 0.718. The third kappa shape index (κ3) is 5.34. The number of ether oxygens (including phenoxy) is 1. The summed E-state index contributed by atoms with van der Waals surface area (Å²) in [5.74, 6) is 0. The Kier molecular flexibility index (Phi) is 7.04. The van der Waals surface area contributed by atoms with Crippen molar-refractivity contribution in [3.63, 3.8) is 0 Å². The smallest absolute Gasteiger partial charge is 0.0596 e. The Balaban J connectivity index is 2.17. The molecular weight excluding hydrogens is 216 g/mol. The number of hydrogen-bond donors (Lipinski definition) is 1. The molecule has 4 nitrogen and oxygen atoms in total. The minimum Gasteiger partial charge on any atom is -0.395 e. The van der Waals surface area contributed by atoms with Gasteiger partial charge < -0.3 is 9.84 Å². The van der Waals surface area contributed by atoms with E-state index in [9.17, 15) is 5.11 Å². The normalized spacial score (nSPS) is 21.0. The summed E-state index contributed by atoms with van der Waals surface area (Å²) in [7, 11) is 0. The fraction of sp³-hybridized carbons (Fsp3) is 1.00. The van der Waals surface area contributed by atoms with Gasteiger partial charge in [-0.25, -0.2) is 0 Å². The van der Waals surface area contributed by atoms with Crippen LogP contribution in [0.4, 0.5) is 0 Å². The average molecular weight is 244 g/mol. The summed E-state index contributed by atoms with van der Waals surface area (Å²) in [5, 5.41) is 9.27. The first-order valence-corrected chi connectivity index (χ1v) is 6.86. The lowest BCUT2D eigenvalue weighted by Crippen LogP contribution is -2.51. The third-order valence-corrected chi connectivity index (χ3v) is 3.46. The second-order valence-electron chi connectivity index (χ2n) is 5.04. The molecule has 1 fully saturated rings. The first-order chi connectivity index (χ1) is 8.17. The second kappa shape index (κ2) is 8.03. The highest BCUT2D eigenvalue weighted by Crippen LogP contribution is 2.08. The van der Waals surface area contributed by atoms with E-state index in [2.05, 4.69) is 30.6 Å². The monoisotopic (exact) mass is 244 g/mol. The Bertz CT molecular complexity index is 188. The molecule has 0 spiro atoms. The van der Waals surface area contributed by atoms with Gasteiger partial charge in [0.15, 0.2) is 0 Å². The van der Waals surface area contributed by atoms with Crippen LogP contribution in [0.1, 0.15) is 27.2 Å². The van der Waals surface area contributed by atoms with Gasteiger partial charge in [0.25, 0.3) is 0 Å². The first-order valence-electron chi connectivity index (χ1n) is 6.86. The number of aliphatic hydroxyl groups excluding tert-OH is 1. The zero-order valence-corrected chi connectivity index (χ0v) is 11.6. The van der Waals surface area contributed by atoms with E-state index in [0.29, 0.717) is 12.1 Å². The predicted molar refractivity (Wildman–Crippen MR) is 70.3 cm³/mol. The molecule has 17 heavy (non-hydrogen) atoms. The number of nitrogens with zero attached hydrogens (tertiary/aromatic N) is 2. The summed E-state index contributed by atoms with van der Waals surface area (Å²) in [5.41, 5.74) is 0. The summed E-state index contributed by atoms with van der Waals surface area (Å²) in [6.07, 6.45) is 1.36. The van der Waals surface area contributed by atoms with Crippen molar-refractivity contribution in [1.29, 1.82) is 0 Å². The standard InChI is InChI=1S/C13H28N2O2/c1-4-13(11-16)15-7-5-14(6-8-15)9-10-17-12(2)3/h12-13,16H,4-11H2,1-3H3. The lowest BCUT2D eigenvalue weighted by Gasteiger charge is -2.38. The summed E-state index contributed by atoms with van der Waals surface area (Å²) in [4.78, 5) is 4.85. The van der Waals surface area contributed by atoms with Crippen LogP contribution in [0.25, 0.3) is 0 Å². The van der Waals surface area contributed by atoms with E-state index in [4.69, 9.17) is 4.74 Å². The van der Waals surface area contributed by atoms with Crippen molar-refractivity contribution in [1.82, 2.24) is 9.80 Å². The molecule has 1 unspecified atom stereocenters. The van der Waals surface area contributed by atoms with E-state index in [-0.39, 0.29) is 6.61 Å². The van der Waals surface area contributed by atoms with Crippen LogP contribution in [-0.2, 0) is 4.74 Å². The summed E-state index contributed by atoms with van der Waals surface area (Å²) < 4.78 is 5.57. The van der Waals surface area contributed by atoms with Gasteiger partial charge in [0.1, 0.15) is 0 Å². The number of hydrogen-bond acceptors (Lipinski definition) is 4. The molecule has 1 N–H and O–H groups in total. The van der Waals surface area contributed by atoms with Gasteiger partial charge >= 0.3 is 0 Å². The molecule has 0 saturated carbocycles. The number of aliphatic hydroxyl groups is 1. The lowest BCUT2D eigenvalue weighted by molar-refractivity contribution is 0.0289. The van der Waals surface area contributed by atoms with Gasteiger partial charge in [-0.1, -0.05) is 6.92 Å². The van der Waals surface area contributed by atoms with Gasteiger partial charge in [-0.2, -0.15) is 0 Å². The Labute approximate surface area is 106 Å². The summed E-state index contributed by atoms with van der Waals surface area (Å²) in [6, 6.07) is 0.351. The van der Waals surface area contributed by atoms with Gasteiger partial charge in [0, 0.05) is 38.8 Å². The second-order valence-corrected chi connectivity index (χ2v) is 5.04. The van der Waals surface area contributed by atoms with Crippen LogP contribution < -0.4 is 0 Å². The maximum atomic E-state index is 9.27. The largest absolute Gasteiger partial charge is 0.395 e. The molecule has 0 bridgehead atoms. The molecule has 1 saturated heterocycles. The Morgan fingerprint density at radius 1 is 1.18 bits per heavy atom. The molecule has 102 valence electrons. The van der Waals surface area contributed by atoms with E-state index in [1.54, 1.807) is 0 Å². The molecular formula is C13H28N2O2. The van der Waals surface area contributed by atoms with Gasteiger partial charge in [0.05, 0.1) is 19.3 Å². The van der Waals surface area contributed by atoms with Crippen molar-refractivity contribution in [2.24, 2.45) is 0 Å². The van der Waals surface area contributed by atoms with E-state index in [1.807, 2.05) is 0 Å². The topological polar surface area (TPSA) is 35.9 Å². The van der Waals surface area contributed by atoms with Crippen molar-refractivity contribution in [3.8, 4) is 0 Å². The molecule has 0 aromatic carbocycles. The van der Waals surface area contributed by atoms with Crippen molar-refractivity contribution < 1.29 is 9.84 Å². The van der Waals surface area contributed by atoms with Gasteiger partial charge in [0.2, 0.25) is 0 Å². The fourth-order valence-electron chi connectivity index (χ4n) is 2.27. The molecule has 0 aromatic rings. The molecule has 1 aliphatic heterocycles. The number of rotatable bonds is 7. The van der Waals surface area contributed by atoms with Crippen LogP contribution in [0.5, 0.6) is 0 Å². The van der Waals surface area contributed by atoms with Crippen molar-refractivity contribution in [2.75, 3.05) is 45.9 Å². The van der Waals surface area contributed by atoms with Gasteiger partial charge in [-0.05, 0) is 20.3 Å². The van der Waals surface area contributed by atoms with Crippen molar-refractivity contribution in [3.05, 3.63) is 0 Å². The lowest BCUT2D eigenvalue weighted by atomic mass is 10.1. The van der Waals surface area contributed by atoms with Crippen molar-refractivity contribution >= 4 is 0 Å². The molecule has 0 aromatic heterocycles. The predicted octanol–water partition coefficient (Wildman–Crippen LogP) is 0.800. The van der Waals surface area contributed by atoms with Crippen molar-refractivity contribution in [2.45, 2.75) is 39.3 Å².